The topological polar surface area (TPSA) is 44.5 Å². The molecular formula is C13H22ClNO2S. The lowest BCUT2D eigenvalue weighted by molar-refractivity contribution is 0.284. The van der Waals surface area contributed by atoms with Crippen molar-refractivity contribution in [3.05, 3.63) is 24.3 Å². The molecule has 0 bridgehead atoms. The number of ether oxygens (including phenoxy) is 2. The molecule has 1 aromatic rings. The average Bonchev–Trinajstić information content (AvgIpc) is 2.38. The van der Waals surface area contributed by atoms with E-state index < -0.39 is 0 Å². The van der Waals surface area contributed by atoms with E-state index in [1.165, 1.54) is 0 Å². The first-order chi connectivity index (χ1) is 8.27. The molecule has 1 unspecified atom stereocenters. The molecule has 5 heteroatoms. The molecular weight excluding hydrogens is 270 g/mol. The van der Waals surface area contributed by atoms with E-state index in [1.54, 1.807) is 7.11 Å². The second-order valence-electron chi connectivity index (χ2n) is 3.94. The summed E-state index contributed by atoms with van der Waals surface area (Å²) in [7, 11) is 1.65. The summed E-state index contributed by atoms with van der Waals surface area (Å²) >= 11 is 4.15. The van der Waals surface area contributed by atoms with Crippen molar-refractivity contribution in [2.24, 2.45) is 5.73 Å². The first kappa shape index (κ1) is 17.4. The number of benzene rings is 1. The second-order valence-corrected chi connectivity index (χ2v) is 4.30. The minimum absolute atomic E-state index is 0. The van der Waals surface area contributed by atoms with Crippen LogP contribution in [0.25, 0.3) is 0 Å². The summed E-state index contributed by atoms with van der Waals surface area (Å²) < 4.78 is 10.9. The van der Waals surface area contributed by atoms with Crippen LogP contribution in [0.2, 0.25) is 0 Å². The van der Waals surface area contributed by atoms with Crippen LogP contribution in [-0.4, -0.2) is 25.5 Å². The molecule has 1 atom stereocenters. The van der Waals surface area contributed by atoms with Crippen molar-refractivity contribution < 1.29 is 9.47 Å². The third-order valence-electron chi connectivity index (χ3n) is 2.53. The number of rotatable bonds is 8. The van der Waals surface area contributed by atoms with E-state index in [4.69, 9.17) is 15.2 Å². The van der Waals surface area contributed by atoms with Crippen molar-refractivity contribution in [2.75, 3.05) is 19.5 Å². The quantitative estimate of drug-likeness (QED) is 0.572. The Labute approximate surface area is 121 Å². The fourth-order valence-electron chi connectivity index (χ4n) is 1.52. The van der Waals surface area contributed by atoms with Crippen molar-refractivity contribution in [2.45, 2.75) is 25.3 Å². The van der Waals surface area contributed by atoms with Gasteiger partial charge in [-0.25, -0.2) is 0 Å². The van der Waals surface area contributed by atoms with Crippen LogP contribution < -0.4 is 15.2 Å². The van der Waals surface area contributed by atoms with E-state index in [9.17, 15) is 0 Å². The van der Waals surface area contributed by atoms with Crippen molar-refractivity contribution in [3.63, 3.8) is 0 Å². The van der Waals surface area contributed by atoms with Crippen LogP contribution in [0.15, 0.2) is 24.3 Å². The maximum absolute atomic E-state index is 5.77. The maximum atomic E-state index is 5.77. The third-order valence-corrected chi connectivity index (χ3v) is 3.00. The molecule has 0 aliphatic heterocycles. The maximum Gasteiger partial charge on any atom is 0.161 e. The van der Waals surface area contributed by atoms with E-state index >= 15 is 0 Å². The van der Waals surface area contributed by atoms with Gasteiger partial charge in [0.2, 0.25) is 0 Å². The molecule has 0 spiro atoms. The number of hydrogen-bond donors (Lipinski definition) is 2. The minimum atomic E-state index is 0. The third kappa shape index (κ3) is 6.38. The molecule has 104 valence electrons. The summed E-state index contributed by atoms with van der Waals surface area (Å²) in [5.41, 5.74) is 5.77. The fraction of sp³-hybridized carbons (Fsp3) is 0.538. The van der Waals surface area contributed by atoms with Gasteiger partial charge in [0.25, 0.3) is 0 Å². The highest BCUT2D eigenvalue weighted by Crippen LogP contribution is 2.25. The predicted molar refractivity (Wildman–Crippen MR) is 81.4 cm³/mol. The highest BCUT2D eigenvalue weighted by atomic mass is 35.5. The van der Waals surface area contributed by atoms with Crippen LogP contribution in [0.5, 0.6) is 11.5 Å². The smallest absolute Gasteiger partial charge is 0.161 e. The van der Waals surface area contributed by atoms with Crippen LogP contribution in [0.1, 0.15) is 19.3 Å². The predicted octanol–water partition coefficient (Wildman–Crippen LogP) is 2.92. The fourth-order valence-corrected chi connectivity index (χ4v) is 1.70. The van der Waals surface area contributed by atoms with E-state index in [0.717, 1.165) is 36.5 Å². The standard InChI is InChI=1S/C13H21NO2S.ClH/c1-15-12-7-2-3-8-13(12)16-9-5-4-6-11(14)10-17;/h2-3,7-8,11,17H,4-6,9-10,14H2,1H3;1H. The zero-order valence-corrected chi connectivity index (χ0v) is 12.4. The number of unbranched alkanes of at least 4 members (excludes halogenated alkanes) is 1. The molecule has 0 aromatic heterocycles. The van der Waals surface area contributed by atoms with Gasteiger partial charge in [-0.1, -0.05) is 12.1 Å². The Morgan fingerprint density at radius 3 is 2.50 bits per heavy atom. The Kier molecular flexibility index (Phi) is 10.0. The van der Waals surface area contributed by atoms with Crippen molar-refractivity contribution in [1.82, 2.24) is 0 Å². The SMILES string of the molecule is COc1ccccc1OCCCCC(N)CS.Cl. The number of halogens is 1. The van der Waals surface area contributed by atoms with Crippen molar-refractivity contribution in [3.8, 4) is 11.5 Å². The molecule has 0 radical (unpaired) electrons. The summed E-state index contributed by atoms with van der Waals surface area (Å²) in [6, 6.07) is 7.88. The zero-order chi connectivity index (χ0) is 12.5. The molecule has 2 N–H and O–H groups in total. The Balaban J connectivity index is 0.00000289. The average molecular weight is 292 g/mol. The lowest BCUT2D eigenvalue weighted by Gasteiger charge is -2.11. The summed E-state index contributed by atoms with van der Waals surface area (Å²) in [4.78, 5) is 0. The van der Waals surface area contributed by atoms with Gasteiger partial charge < -0.3 is 15.2 Å². The first-order valence-electron chi connectivity index (χ1n) is 5.90. The van der Waals surface area contributed by atoms with Gasteiger partial charge in [0.15, 0.2) is 11.5 Å². The lowest BCUT2D eigenvalue weighted by Crippen LogP contribution is -2.21. The van der Waals surface area contributed by atoms with Gasteiger partial charge in [-0.3, -0.25) is 0 Å². The zero-order valence-electron chi connectivity index (χ0n) is 10.7. The Morgan fingerprint density at radius 2 is 1.89 bits per heavy atom. The number of methoxy groups -OCH3 is 1. The van der Waals surface area contributed by atoms with Crippen molar-refractivity contribution in [1.29, 1.82) is 0 Å². The van der Waals surface area contributed by atoms with Gasteiger partial charge in [0.1, 0.15) is 0 Å². The van der Waals surface area contributed by atoms with Gasteiger partial charge >= 0.3 is 0 Å². The van der Waals surface area contributed by atoms with Crippen LogP contribution >= 0.6 is 25.0 Å². The monoisotopic (exact) mass is 291 g/mol. The summed E-state index contributed by atoms with van der Waals surface area (Å²) in [5.74, 6) is 2.32. The van der Waals surface area contributed by atoms with Crippen LogP contribution in [-0.2, 0) is 0 Å². The molecule has 0 aliphatic rings. The largest absolute Gasteiger partial charge is 0.493 e. The molecule has 0 amide bonds. The van der Waals surface area contributed by atoms with Crippen LogP contribution in [0, 0.1) is 0 Å². The molecule has 1 rings (SSSR count). The Bertz CT molecular complexity index is 326. The van der Waals surface area contributed by atoms with Gasteiger partial charge in [0.05, 0.1) is 13.7 Å². The highest BCUT2D eigenvalue weighted by molar-refractivity contribution is 7.80. The summed E-state index contributed by atoms with van der Waals surface area (Å²) in [5, 5.41) is 0. The number of hydrogen-bond acceptors (Lipinski definition) is 4. The molecule has 18 heavy (non-hydrogen) atoms. The van der Waals surface area contributed by atoms with Gasteiger partial charge in [-0.05, 0) is 31.4 Å². The number of nitrogens with two attached hydrogens (primary N) is 1. The molecule has 1 aromatic carbocycles. The van der Waals surface area contributed by atoms with Gasteiger partial charge in [-0.15, -0.1) is 12.4 Å². The first-order valence-corrected chi connectivity index (χ1v) is 6.53. The molecule has 0 saturated heterocycles. The Morgan fingerprint density at radius 1 is 1.22 bits per heavy atom. The highest BCUT2D eigenvalue weighted by Gasteiger charge is 2.02. The summed E-state index contributed by atoms with van der Waals surface area (Å²) in [6.07, 6.45) is 3.06. The molecule has 0 aliphatic carbocycles. The number of para-hydroxylation sites is 2. The van der Waals surface area contributed by atoms with Crippen LogP contribution in [0.4, 0.5) is 0 Å². The minimum Gasteiger partial charge on any atom is -0.493 e. The van der Waals surface area contributed by atoms with E-state index in [1.807, 2.05) is 24.3 Å². The molecule has 3 nitrogen and oxygen atoms in total. The van der Waals surface area contributed by atoms with Crippen molar-refractivity contribution >= 4 is 25.0 Å². The van der Waals surface area contributed by atoms with E-state index in [-0.39, 0.29) is 18.4 Å². The van der Waals surface area contributed by atoms with E-state index in [2.05, 4.69) is 12.6 Å². The molecule has 0 saturated carbocycles. The number of thiol groups is 1. The second kappa shape index (κ2) is 10.4. The van der Waals surface area contributed by atoms with Gasteiger partial charge in [0, 0.05) is 11.8 Å². The summed E-state index contributed by atoms with van der Waals surface area (Å²) in [6.45, 7) is 0.694. The van der Waals surface area contributed by atoms with Gasteiger partial charge in [-0.2, -0.15) is 12.6 Å². The molecule has 0 heterocycles. The molecule has 0 fully saturated rings. The normalized spacial score (nSPS) is 11.5. The van der Waals surface area contributed by atoms with E-state index in [0.29, 0.717) is 6.61 Å². The lowest BCUT2D eigenvalue weighted by atomic mass is 10.1. The van der Waals surface area contributed by atoms with Crippen LogP contribution in [0.3, 0.4) is 0 Å². The Hall–Kier alpha value is -0.580.